The van der Waals surface area contributed by atoms with Crippen molar-refractivity contribution in [2.24, 2.45) is 0 Å². The zero-order chi connectivity index (χ0) is 23.9. The first-order valence-electron chi connectivity index (χ1n) is 11.9. The molecule has 0 bridgehead atoms. The van der Waals surface area contributed by atoms with Crippen molar-refractivity contribution in [3.63, 3.8) is 0 Å². The van der Waals surface area contributed by atoms with Gasteiger partial charge >= 0.3 is 0 Å². The molecule has 0 rings (SSSR count). The van der Waals surface area contributed by atoms with Crippen LogP contribution in [0.2, 0.25) is 0 Å². The van der Waals surface area contributed by atoms with Crippen molar-refractivity contribution in [3.05, 3.63) is 0 Å². The van der Waals surface area contributed by atoms with E-state index in [0.717, 1.165) is 19.4 Å². The Morgan fingerprint density at radius 2 is 1.26 bits per heavy atom. The molecule has 8 nitrogen and oxygen atoms in total. The lowest BCUT2D eigenvalue weighted by atomic mass is 10.0. The maximum atomic E-state index is 12.5. The van der Waals surface area contributed by atoms with Gasteiger partial charge in [0.1, 0.15) is 24.4 Å². The minimum atomic E-state index is -1.69. The van der Waals surface area contributed by atoms with E-state index in [1.807, 2.05) is 14.1 Å². The highest BCUT2D eigenvalue weighted by atomic mass is 16.4. The number of aliphatic hydroxyl groups excluding tert-OH is 5. The maximum absolute atomic E-state index is 12.5. The summed E-state index contributed by atoms with van der Waals surface area (Å²) in [5.74, 6) is -0.166. The Hall–Kier alpha value is -0.770. The van der Waals surface area contributed by atoms with E-state index in [-0.39, 0.29) is 19.0 Å². The second-order valence-electron chi connectivity index (χ2n) is 9.57. The van der Waals surface area contributed by atoms with Crippen LogP contribution in [0.5, 0.6) is 0 Å². The number of carbonyl (C=O) groups is 1. The molecule has 31 heavy (non-hydrogen) atoms. The molecule has 0 aromatic rings. The quantitative estimate of drug-likeness (QED) is 0.147. The molecule has 0 aromatic heterocycles. The number of hydrogen-bond donors (Lipinski definition) is 5. The SMILES string of the molecule is CCCCCCCCCCCC[N+](C)(C)CC(=O)N(C)C[C@H](O)[C@@H](O)[C@H](O)[C@H](O)CO. The van der Waals surface area contributed by atoms with Crippen LogP contribution >= 0.6 is 0 Å². The van der Waals surface area contributed by atoms with Crippen molar-refractivity contribution in [3.8, 4) is 0 Å². The number of aliphatic hydroxyl groups is 5. The summed E-state index contributed by atoms with van der Waals surface area (Å²) in [6.45, 7) is 2.50. The second kappa shape index (κ2) is 16.8. The van der Waals surface area contributed by atoms with Gasteiger partial charge in [0.05, 0.1) is 27.2 Å². The number of hydrogen-bond acceptors (Lipinski definition) is 6. The summed E-state index contributed by atoms with van der Waals surface area (Å²) in [5, 5.41) is 47.9. The predicted molar refractivity (Wildman–Crippen MR) is 122 cm³/mol. The molecule has 0 saturated carbocycles. The third-order valence-corrected chi connectivity index (χ3v) is 5.89. The summed E-state index contributed by atoms with van der Waals surface area (Å²) in [4.78, 5) is 13.8. The lowest BCUT2D eigenvalue weighted by molar-refractivity contribution is -0.883. The third kappa shape index (κ3) is 14.1. The molecular formula is C23H49N2O6+. The summed E-state index contributed by atoms with van der Waals surface area (Å²) >= 11 is 0. The van der Waals surface area contributed by atoms with Crippen molar-refractivity contribution in [1.82, 2.24) is 4.90 Å². The number of carbonyl (C=O) groups excluding carboxylic acids is 1. The van der Waals surface area contributed by atoms with Gasteiger partial charge in [0, 0.05) is 13.6 Å². The fourth-order valence-electron chi connectivity index (χ4n) is 3.65. The highest BCUT2D eigenvalue weighted by Crippen LogP contribution is 2.12. The van der Waals surface area contributed by atoms with E-state index < -0.39 is 31.0 Å². The fraction of sp³-hybridized carbons (Fsp3) is 0.957. The number of unbranched alkanes of at least 4 members (excludes halogenated alkanes) is 9. The summed E-state index contributed by atoms with van der Waals surface area (Å²) in [5.41, 5.74) is 0. The van der Waals surface area contributed by atoms with Crippen LogP contribution in [0, 0.1) is 0 Å². The number of rotatable bonds is 19. The zero-order valence-electron chi connectivity index (χ0n) is 20.2. The Morgan fingerprint density at radius 1 is 0.806 bits per heavy atom. The van der Waals surface area contributed by atoms with Crippen LogP contribution in [0.15, 0.2) is 0 Å². The van der Waals surface area contributed by atoms with E-state index in [1.165, 1.54) is 63.3 Å². The van der Waals surface area contributed by atoms with Crippen LogP contribution in [0.25, 0.3) is 0 Å². The largest absolute Gasteiger partial charge is 0.394 e. The molecule has 0 aliphatic rings. The van der Waals surface area contributed by atoms with Crippen LogP contribution in [0.3, 0.4) is 0 Å². The summed E-state index contributed by atoms with van der Waals surface area (Å²) in [6, 6.07) is 0. The minimum absolute atomic E-state index is 0.166. The molecule has 0 unspecified atom stereocenters. The van der Waals surface area contributed by atoms with Gasteiger partial charge in [-0.15, -0.1) is 0 Å². The zero-order valence-corrected chi connectivity index (χ0v) is 20.2. The molecule has 5 N–H and O–H groups in total. The highest BCUT2D eigenvalue weighted by molar-refractivity contribution is 5.77. The lowest BCUT2D eigenvalue weighted by Crippen LogP contribution is -2.52. The highest BCUT2D eigenvalue weighted by Gasteiger charge is 2.32. The van der Waals surface area contributed by atoms with Crippen LogP contribution in [-0.4, -0.2) is 113 Å². The predicted octanol–water partition coefficient (Wildman–Crippen LogP) is 0.878. The van der Waals surface area contributed by atoms with Gasteiger partial charge in [-0.3, -0.25) is 4.79 Å². The van der Waals surface area contributed by atoms with E-state index >= 15 is 0 Å². The smallest absolute Gasteiger partial charge is 0.277 e. The molecule has 4 atom stereocenters. The van der Waals surface area contributed by atoms with Gasteiger partial charge in [0.25, 0.3) is 5.91 Å². The number of likely N-dealkylation sites (N-methyl/N-ethyl adjacent to an activating group) is 2. The van der Waals surface area contributed by atoms with Crippen molar-refractivity contribution < 1.29 is 34.8 Å². The van der Waals surface area contributed by atoms with Gasteiger partial charge in [-0.05, 0) is 12.8 Å². The normalized spacial score (nSPS) is 16.0. The van der Waals surface area contributed by atoms with E-state index in [0.29, 0.717) is 4.48 Å². The van der Waals surface area contributed by atoms with E-state index in [2.05, 4.69) is 6.92 Å². The Morgan fingerprint density at radius 3 is 1.74 bits per heavy atom. The van der Waals surface area contributed by atoms with Crippen molar-refractivity contribution in [2.45, 2.75) is 95.5 Å². The molecular weight excluding hydrogens is 400 g/mol. The minimum Gasteiger partial charge on any atom is -0.394 e. The molecule has 0 aliphatic heterocycles. The third-order valence-electron chi connectivity index (χ3n) is 5.89. The van der Waals surface area contributed by atoms with E-state index in [1.54, 1.807) is 0 Å². The van der Waals surface area contributed by atoms with Crippen LogP contribution in [0.4, 0.5) is 0 Å². The van der Waals surface area contributed by atoms with Crippen molar-refractivity contribution in [1.29, 1.82) is 0 Å². The Balaban J connectivity index is 4.12. The monoisotopic (exact) mass is 449 g/mol. The molecule has 8 heteroatoms. The number of nitrogens with zero attached hydrogens (tertiary/aromatic N) is 2. The molecule has 0 saturated heterocycles. The Labute approximate surface area is 189 Å². The van der Waals surface area contributed by atoms with Gasteiger partial charge in [-0.1, -0.05) is 58.3 Å². The summed E-state index contributed by atoms with van der Waals surface area (Å²) < 4.78 is 0.546. The molecule has 1 amide bonds. The van der Waals surface area contributed by atoms with E-state index in [4.69, 9.17) is 5.11 Å². The fourth-order valence-corrected chi connectivity index (χ4v) is 3.65. The molecule has 0 heterocycles. The van der Waals surface area contributed by atoms with Gasteiger partial charge in [0.2, 0.25) is 0 Å². The molecule has 0 aliphatic carbocycles. The van der Waals surface area contributed by atoms with Crippen molar-refractivity contribution in [2.75, 3.05) is 47.4 Å². The Kier molecular flexibility index (Phi) is 16.4. The average Bonchev–Trinajstić information content (AvgIpc) is 2.72. The standard InChI is InChI=1S/C23H49N2O6/c1-5-6-7-8-9-10-11-12-13-14-15-25(3,4)17-21(29)24(2)16-19(27)22(30)23(31)20(28)18-26/h19-20,22-23,26-28,30-31H,5-18H2,1-4H3/q+1/t19-,20+,22+,23+/m0/s1. The summed E-state index contributed by atoms with van der Waals surface area (Å²) in [7, 11) is 5.55. The first kappa shape index (κ1) is 30.2. The number of quaternary nitrogens is 1. The van der Waals surface area contributed by atoms with Crippen LogP contribution < -0.4 is 0 Å². The first-order valence-corrected chi connectivity index (χ1v) is 11.9. The molecule has 0 fully saturated rings. The molecule has 186 valence electrons. The van der Waals surface area contributed by atoms with Gasteiger partial charge in [-0.2, -0.15) is 0 Å². The lowest BCUT2D eigenvalue weighted by Gasteiger charge is -2.32. The average molecular weight is 450 g/mol. The van der Waals surface area contributed by atoms with E-state index in [9.17, 15) is 25.2 Å². The van der Waals surface area contributed by atoms with Crippen molar-refractivity contribution >= 4 is 5.91 Å². The van der Waals surface area contributed by atoms with Gasteiger partial charge in [0.15, 0.2) is 6.54 Å². The second-order valence-corrected chi connectivity index (χ2v) is 9.57. The van der Waals surface area contributed by atoms with Gasteiger partial charge in [-0.25, -0.2) is 0 Å². The van der Waals surface area contributed by atoms with Gasteiger partial charge < -0.3 is 34.9 Å². The number of amides is 1. The topological polar surface area (TPSA) is 121 Å². The maximum Gasteiger partial charge on any atom is 0.277 e. The molecule has 0 spiro atoms. The summed E-state index contributed by atoms with van der Waals surface area (Å²) in [6.07, 6.45) is 6.37. The van der Waals surface area contributed by atoms with Crippen LogP contribution in [-0.2, 0) is 4.79 Å². The molecule has 0 radical (unpaired) electrons. The Bertz CT molecular complexity index is 463. The van der Waals surface area contributed by atoms with Crippen LogP contribution in [0.1, 0.15) is 71.1 Å². The first-order chi connectivity index (χ1) is 14.6. The molecule has 0 aromatic carbocycles.